The molecule has 3 fully saturated rings. The molecule has 3 N–H and O–H groups in total. The molecule has 3 rings (SSSR count). The summed E-state index contributed by atoms with van der Waals surface area (Å²) in [5.74, 6) is -0.264. The van der Waals surface area contributed by atoms with Gasteiger partial charge in [0.1, 0.15) is 12.7 Å². The van der Waals surface area contributed by atoms with Gasteiger partial charge in [-0.05, 0) is 55.8 Å². The molecule has 0 radical (unpaired) electrons. The highest BCUT2D eigenvalue weighted by Crippen LogP contribution is 2.61. The highest BCUT2D eigenvalue weighted by Gasteiger charge is 2.57. The van der Waals surface area contributed by atoms with Crippen molar-refractivity contribution in [3.8, 4) is 0 Å². The Hall–Kier alpha value is -0.910. The van der Waals surface area contributed by atoms with E-state index in [2.05, 4.69) is 13.5 Å². The van der Waals surface area contributed by atoms with Gasteiger partial charge in [0.15, 0.2) is 0 Å². The molecule has 0 bridgehead atoms. The maximum Gasteiger partial charge on any atom is 0.311 e. The number of carbonyl (C=O) groups excluding carboxylic acids is 1. The van der Waals surface area contributed by atoms with Crippen LogP contribution in [0.3, 0.4) is 0 Å². The summed E-state index contributed by atoms with van der Waals surface area (Å²) < 4.78 is 4.96. The monoisotopic (exact) mass is 352 g/mol. The predicted molar refractivity (Wildman–Crippen MR) is 93.6 cm³/mol. The van der Waals surface area contributed by atoms with E-state index in [0.717, 1.165) is 25.7 Å². The molecule has 7 atom stereocenters. The largest absolute Gasteiger partial charge is 0.463 e. The molecule has 0 aromatic heterocycles. The summed E-state index contributed by atoms with van der Waals surface area (Å²) in [6.07, 6.45) is 3.62. The summed E-state index contributed by atoms with van der Waals surface area (Å²) in [5.41, 5.74) is 0.674. The second kappa shape index (κ2) is 6.67. The van der Waals surface area contributed by atoms with Crippen molar-refractivity contribution >= 4 is 5.97 Å². The van der Waals surface area contributed by atoms with Gasteiger partial charge in [-0.1, -0.05) is 26.0 Å². The van der Waals surface area contributed by atoms with E-state index in [1.807, 2.05) is 6.92 Å². The molecule has 0 aromatic rings. The number of hydrogen-bond donors (Lipinski definition) is 3. The van der Waals surface area contributed by atoms with Crippen molar-refractivity contribution < 1.29 is 24.9 Å². The Labute approximate surface area is 150 Å². The molecular weight excluding hydrogens is 320 g/mol. The first-order valence-electron chi connectivity index (χ1n) is 9.55. The van der Waals surface area contributed by atoms with E-state index in [4.69, 9.17) is 4.74 Å². The lowest BCUT2D eigenvalue weighted by atomic mass is 9.46. The number of carbonyl (C=O) groups is 1. The second-order valence-corrected chi connectivity index (χ2v) is 8.91. The summed E-state index contributed by atoms with van der Waals surface area (Å²) in [7, 11) is 0. The van der Waals surface area contributed by atoms with Crippen LogP contribution >= 0.6 is 0 Å². The molecule has 1 unspecified atom stereocenters. The maximum atomic E-state index is 11.8. The summed E-state index contributed by atoms with van der Waals surface area (Å²) in [4.78, 5) is 11.8. The van der Waals surface area contributed by atoms with E-state index in [1.54, 1.807) is 0 Å². The smallest absolute Gasteiger partial charge is 0.311 e. The van der Waals surface area contributed by atoms with Gasteiger partial charge in [-0.25, -0.2) is 0 Å². The summed E-state index contributed by atoms with van der Waals surface area (Å²) >= 11 is 0. The van der Waals surface area contributed by atoms with Gasteiger partial charge in [-0.3, -0.25) is 4.79 Å². The SMILES string of the molecule is C=C1CC[C@@H]2[C@](C)(CO)[C@H](O)CC[C@@]2(C)[C@@H]1CCC1C(=O)OC[C@H]1O. The number of fused-ring (bicyclic) bond motifs is 1. The Morgan fingerprint density at radius 1 is 1.24 bits per heavy atom. The first-order valence-corrected chi connectivity index (χ1v) is 9.55. The number of aliphatic hydroxyl groups excluding tert-OH is 3. The van der Waals surface area contributed by atoms with E-state index in [0.29, 0.717) is 12.8 Å². The Balaban J connectivity index is 1.80. The lowest BCUT2D eigenvalue weighted by molar-refractivity contribution is -0.153. The second-order valence-electron chi connectivity index (χ2n) is 8.91. The quantitative estimate of drug-likeness (QED) is 0.532. The van der Waals surface area contributed by atoms with Crippen molar-refractivity contribution in [3.05, 3.63) is 12.2 Å². The number of ether oxygens (including phenoxy) is 1. The normalized spacial score (nSPS) is 47.5. The van der Waals surface area contributed by atoms with Crippen LogP contribution in [-0.2, 0) is 9.53 Å². The summed E-state index contributed by atoms with van der Waals surface area (Å²) in [6.45, 7) is 8.66. The molecule has 25 heavy (non-hydrogen) atoms. The molecule has 2 saturated carbocycles. The molecule has 3 aliphatic rings. The molecule has 0 amide bonds. The van der Waals surface area contributed by atoms with Crippen LogP contribution in [-0.4, -0.2) is 46.7 Å². The zero-order valence-corrected chi connectivity index (χ0v) is 15.4. The molecule has 1 aliphatic heterocycles. The fourth-order valence-corrected chi connectivity index (χ4v) is 5.94. The molecule has 1 heterocycles. The minimum absolute atomic E-state index is 0.0126. The molecule has 0 spiro atoms. The van der Waals surface area contributed by atoms with Gasteiger partial charge in [0.2, 0.25) is 0 Å². The Morgan fingerprint density at radius 2 is 1.96 bits per heavy atom. The number of hydrogen-bond acceptors (Lipinski definition) is 5. The van der Waals surface area contributed by atoms with Crippen LogP contribution in [0.15, 0.2) is 12.2 Å². The highest BCUT2D eigenvalue weighted by atomic mass is 16.6. The number of aliphatic hydroxyl groups is 3. The minimum atomic E-state index is -0.705. The van der Waals surface area contributed by atoms with Crippen molar-refractivity contribution in [1.29, 1.82) is 0 Å². The van der Waals surface area contributed by atoms with Gasteiger partial charge >= 0.3 is 5.97 Å². The van der Waals surface area contributed by atoms with Crippen LogP contribution in [0.5, 0.6) is 0 Å². The zero-order chi connectivity index (χ0) is 18.4. The third-order valence-corrected chi connectivity index (χ3v) is 7.62. The van der Waals surface area contributed by atoms with Crippen LogP contribution < -0.4 is 0 Å². The Morgan fingerprint density at radius 3 is 2.56 bits per heavy atom. The minimum Gasteiger partial charge on any atom is -0.463 e. The van der Waals surface area contributed by atoms with Gasteiger partial charge < -0.3 is 20.1 Å². The van der Waals surface area contributed by atoms with Gasteiger partial charge in [-0.2, -0.15) is 0 Å². The highest BCUT2D eigenvalue weighted by molar-refractivity contribution is 5.75. The van der Waals surface area contributed by atoms with Crippen molar-refractivity contribution in [2.75, 3.05) is 13.2 Å². The topological polar surface area (TPSA) is 87.0 Å². The van der Waals surface area contributed by atoms with E-state index in [-0.39, 0.29) is 36.4 Å². The zero-order valence-electron chi connectivity index (χ0n) is 15.4. The van der Waals surface area contributed by atoms with Crippen LogP contribution in [0.25, 0.3) is 0 Å². The van der Waals surface area contributed by atoms with Crippen molar-refractivity contribution in [1.82, 2.24) is 0 Å². The molecule has 5 nitrogen and oxygen atoms in total. The van der Waals surface area contributed by atoms with Gasteiger partial charge in [0.25, 0.3) is 0 Å². The fourth-order valence-electron chi connectivity index (χ4n) is 5.94. The fraction of sp³-hybridized carbons (Fsp3) is 0.850. The molecule has 0 aromatic carbocycles. The summed E-state index contributed by atoms with van der Waals surface area (Å²) in [6, 6.07) is 0. The van der Waals surface area contributed by atoms with Gasteiger partial charge in [0.05, 0.1) is 18.6 Å². The first kappa shape index (κ1) is 18.9. The van der Waals surface area contributed by atoms with Crippen molar-refractivity contribution in [3.63, 3.8) is 0 Å². The molecule has 142 valence electrons. The van der Waals surface area contributed by atoms with Crippen molar-refractivity contribution in [2.24, 2.45) is 28.6 Å². The maximum absolute atomic E-state index is 11.8. The van der Waals surface area contributed by atoms with E-state index < -0.39 is 23.5 Å². The molecule has 2 aliphatic carbocycles. The average molecular weight is 352 g/mol. The third-order valence-electron chi connectivity index (χ3n) is 7.62. The standard InChI is InChI=1S/C20H32O5/c1-12-4-7-16-19(2,9-8-17(23)20(16,3)11-21)14(12)6-5-13-15(22)10-25-18(13)24/h13-17,21-23H,1,4-11H2,2-3H3/t13?,14-,15-,16+,17-,19+,20+/m1/s1. The first-order chi connectivity index (χ1) is 11.7. The van der Waals surface area contributed by atoms with Crippen LogP contribution in [0.4, 0.5) is 0 Å². The van der Waals surface area contributed by atoms with E-state index in [9.17, 15) is 20.1 Å². The van der Waals surface area contributed by atoms with E-state index >= 15 is 0 Å². The average Bonchev–Trinajstić information content (AvgIpc) is 2.89. The number of allylic oxidation sites excluding steroid dienone is 1. The van der Waals surface area contributed by atoms with Crippen LogP contribution in [0.1, 0.15) is 52.4 Å². The van der Waals surface area contributed by atoms with Crippen LogP contribution in [0, 0.1) is 28.6 Å². The predicted octanol–water partition coefficient (Wildman–Crippen LogP) is 2.04. The van der Waals surface area contributed by atoms with Gasteiger partial charge in [0, 0.05) is 5.41 Å². The lowest BCUT2D eigenvalue weighted by Crippen LogP contribution is -2.57. The Kier molecular flexibility index (Phi) is 5.04. The molecule has 5 heteroatoms. The summed E-state index contributed by atoms with van der Waals surface area (Å²) in [5, 5.41) is 30.5. The molecule has 1 saturated heterocycles. The lowest BCUT2D eigenvalue weighted by Gasteiger charge is -2.60. The number of rotatable bonds is 4. The van der Waals surface area contributed by atoms with Gasteiger partial charge in [-0.15, -0.1) is 0 Å². The number of cyclic esters (lactones) is 1. The number of esters is 1. The van der Waals surface area contributed by atoms with E-state index in [1.165, 1.54) is 5.57 Å². The Bertz CT molecular complexity index is 546. The molecular formula is C20H32O5. The van der Waals surface area contributed by atoms with Crippen molar-refractivity contribution in [2.45, 2.75) is 64.6 Å². The third kappa shape index (κ3) is 2.94. The van der Waals surface area contributed by atoms with Crippen LogP contribution in [0.2, 0.25) is 0 Å².